The molecule has 0 aromatic carbocycles. The van der Waals surface area contributed by atoms with E-state index in [0.717, 1.165) is 0 Å². The third-order valence-electron chi connectivity index (χ3n) is 0.0445. The molecule has 1 unspecified atom stereocenters. The first-order valence-electron chi connectivity index (χ1n) is 0.713. The molecule has 0 aliphatic rings. The van der Waals surface area contributed by atoms with Crippen molar-refractivity contribution < 1.29 is 8.90 Å². The van der Waals surface area contributed by atoms with E-state index >= 15 is 0 Å². The van der Waals surface area contributed by atoms with Gasteiger partial charge >= 0.3 is 24.5 Å². The van der Waals surface area contributed by atoms with Gasteiger partial charge in [-0.3, -0.25) is 0 Å². The monoisotopic (exact) mass is 78.0 g/mol. The van der Waals surface area contributed by atoms with Gasteiger partial charge < -0.3 is 0 Å². The van der Waals surface area contributed by atoms with E-state index in [2.05, 4.69) is 0 Å². The van der Waals surface area contributed by atoms with Gasteiger partial charge in [-0.15, -0.1) is 0 Å². The summed E-state index contributed by atoms with van der Waals surface area (Å²) < 4.78 is 19.2. The van der Waals surface area contributed by atoms with Crippen LogP contribution in [0.5, 0.6) is 0 Å². The molecule has 0 bridgehead atoms. The molecular weight excluding hydrogens is 76.8 g/mol. The van der Waals surface area contributed by atoms with Gasteiger partial charge in [0.15, 0.2) is 0 Å². The van der Waals surface area contributed by atoms with Crippen LogP contribution in [0.15, 0.2) is 0 Å². The molecule has 4 heavy (non-hydrogen) atoms. The molecule has 0 amide bonds. The van der Waals surface area contributed by atoms with Crippen LogP contribution < -0.4 is 0 Å². The zero-order chi connectivity index (χ0) is 3.41. The molecule has 22 valence electrons. The zero-order valence-corrected chi connectivity index (χ0v) is 2.86. The van der Waals surface area contributed by atoms with Crippen LogP contribution in [0.4, 0.5) is 4.20 Å². The Bertz CT molecular complexity index is 22.0. The molecule has 0 heterocycles. The van der Waals surface area contributed by atoms with Gasteiger partial charge in [0.05, 0.1) is 0 Å². The van der Waals surface area contributed by atoms with Crippen LogP contribution in [0.25, 0.3) is 0 Å². The molecule has 4 heteroatoms. The Hall–Kier alpha value is 0.225. The van der Waals surface area contributed by atoms with Crippen molar-refractivity contribution in [3.05, 3.63) is 0 Å². The van der Waals surface area contributed by atoms with E-state index in [-0.39, 0.29) is 6.87 Å². The average Bonchev–Trinajstić information content (AvgIpc) is 1.37. The molecule has 0 radical (unpaired) electrons. The van der Waals surface area contributed by atoms with Gasteiger partial charge in [0.25, 0.3) is 0 Å². The first-order valence-corrected chi connectivity index (χ1v) is 1.67. The molecule has 1 atom stereocenters. The van der Waals surface area contributed by atoms with E-state index in [0.29, 0.717) is 0 Å². The van der Waals surface area contributed by atoms with E-state index < -0.39 is 8.77 Å². The van der Waals surface area contributed by atoms with Crippen LogP contribution >= 0.6 is 8.77 Å². The van der Waals surface area contributed by atoms with Gasteiger partial charge in [-0.2, -0.15) is 0 Å². The Labute approximate surface area is 25.7 Å². The fourth-order valence-corrected chi connectivity index (χ4v) is 0. The number of hydrogen-bond donors (Lipinski definition) is 0. The van der Waals surface area contributed by atoms with Gasteiger partial charge in [0.2, 0.25) is 0 Å². The molecule has 0 spiro atoms. The number of rotatable bonds is 1. The van der Waals surface area contributed by atoms with Crippen molar-refractivity contribution in [2.75, 3.05) is 0 Å². The third kappa shape index (κ3) is 2.22. The summed E-state index contributed by atoms with van der Waals surface area (Å²) in [5.74, 6) is 0. The molecule has 0 N–H and O–H groups in total. The van der Waals surface area contributed by atoms with Crippen molar-refractivity contribution in [1.29, 1.82) is 0 Å². The van der Waals surface area contributed by atoms with Crippen molar-refractivity contribution in [3.8, 4) is 0 Å². The summed E-state index contributed by atoms with van der Waals surface area (Å²) in [5.41, 5.74) is 0. The minimum atomic E-state index is -1.04. The van der Waals surface area contributed by atoms with Crippen molar-refractivity contribution in [2.24, 2.45) is 0 Å². The summed E-state index contributed by atoms with van der Waals surface area (Å²) in [6.45, 7) is 0.236. The maximum atomic E-state index is 10.4. The molecule has 1 nitrogen and oxygen atoms in total. The Morgan fingerprint density at radius 1 is 2.00 bits per heavy atom. The summed E-state index contributed by atoms with van der Waals surface area (Å²) in [4.78, 5) is 0. The first kappa shape index (κ1) is 4.22. The van der Waals surface area contributed by atoms with Gasteiger partial charge in [-0.1, -0.05) is 0 Å². The molecule has 0 fully saturated rings. The summed E-state index contributed by atoms with van der Waals surface area (Å²) in [7, 11) is -1.04. The van der Waals surface area contributed by atoms with Gasteiger partial charge in [-0.05, 0) is 0 Å². The van der Waals surface area contributed by atoms with Gasteiger partial charge in [0.1, 0.15) is 0 Å². The van der Waals surface area contributed by atoms with E-state index in [1.807, 2.05) is 0 Å². The normalized spacial score (nSPS) is 8.25. The Kier molecular flexibility index (Phi) is 3.41. The Morgan fingerprint density at radius 3 is 2.25 bits per heavy atom. The maximum absolute atomic E-state index is 10.4. The predicted octanol–water partition coefficient (Wildman–Crippen LogP) is 0.514. The molecular formula is HBFOP. The third-order valence-corrected chi connectivity index (χ3v) is 0.134. The quantitative estimate of drug-likeness (QED) is 0.330. The summed E-state index contributed by atoms with van der Waals surface area (Å²) >= 11 is 0. The molecule has 0 aromatic rings. The summed E-state index contributed by atoms with van der Waals surface area (Å²) in [6, 6.07) is 0. The number of halogens is 1. The van der Waals surface area contributed by atoms with Crippen LogP contribution in [0.1, 0.15) is 0 Å². The predicted molar refractivity (Wildman–Crippen MR) is 15.9 cm³/mol. The van der Waals surface area contributed by atoms with Gasteiger partial charge in [-0.25, -0.2) is 0 Å². The van der Waals surface area contributed by atoms with E-state index in [1.54, 1.807) is 0 Å². The van der Waals surface area contributed by atoms with Crippen molar-refractivity contribution >= 4 is 15.6 Å². The Morgan fingerprint density at radius 2 is 2.25 bits per heavy atom. The van der Waals surface area contributed by atoms with Crippen LogP contribution in [-0.4, -0.2) is 6.87 Å². The van der Waals surface area contributed by atoms with E-state index in [1.165, 1.54) is 0 Å². The second-order valence-corrected chi connectivity index (χ2v) is 0.681. The SMILES string of the molecule is O=BPF. The first-order chi connectivity index (χ1) is 1.91. The Balaban J connectivity index is 2.30. The molecule has 0 saturated heterocycles. The van der Waals surface area contributed by atoms with Crippen LogP contribution in [0, 0.1) is 0 Å². The standard InChI is InChI=1S/BFHOP/c2-4-1-3/h4H. The number of hydrogen-bond acceptors (Lipinski definition) is 1. The second kappa shape index (κ2) is 3.22. The fourth-order valence-electron chi connectivity index (χ4n) is 0. The molecule has 0 aromatic heterocycles. The van der Waals surface area contributed by atoms with Crippen LogP contribution in [0.2, 0.25) is 0 Å². The fraction of sp³-hybridized carbons (Fsp3) is 0. The van der Waals surface area contributed by atoms with E-state index in [4.69, 9.17) is 4.70 Å². The molecule has 0 saturated carbocycles. The minimum absolute atomic E-state index is 0.236. The van der Waals surface area contributed by atoms with E-state index in [9.17, 15) is 4.20 Å². The van der Waals surface area contributed by atoms with Crippen LogP contribution in [-0.2, 0) is 4.70 Å². The van der Waals surface area contributed by atoms with Gasteiger partial charge in [0, 0.05) is 0 Å². The molecule has 0 rings (SSSR count). The van der Waals surface area contributed by atoms with Crippen molar-refractivity contribution in [1.82, 2.24) is 0 Å². The van der Waals surface area contributed by atoms with Crippen LogP contribution in [0.3, 0.4) is 0 Å². The summed E-state index contributed by atoms with van der Waals surface area (Å²) in [5, 5.41) is 0. The zero-order valence-electron chi connectivity index (χ0n) is 1.86. The van der Waals surface area contributed by atoms with Crippen molar-refractivity contribution in [3.63, 3.8) is 0 Å². The molecule has 0 aliphatic carbocycles. The molecule has 0 aliphatic heterocycles. The summed E-state index contributed by atoms with van der Waals surface area (Å²) in [6.07, 6.45) is 0. The topological polar surface area (TPSA) is 17.1 Å². The van der Waals surface area contributed by atoms with Crippen molar-refractivity contribution in [2.45, 2.75) is 0 Å². The average molecular weight is 77.8 g/mol. The second-order valence-electron chi connectivity index (χ2n) is 0.227.